The summed E-state index contributed by atoms with van der Waals surface area (Å²) in [6, 6.07) is 11.5. The third kappa shape index (κ3) is 2.93. The van der Waals surface area contributed by atoms with E-state index < -0.39 is 17.1 Å². The Labute approximate surface area is 206 Å². The molecule has 0 unspecified atom stereocenters. The lowest BCUT2D eigenvalue weighted by atomic mass is 9.47. The van der Waals surface area contributed by atoms with Crippen molar-refractivity contribution in [3.05, 3.63) is 64.7 Å². The Hall–Kier alpha value is -2.83. The first-order valence-corrected chi connectivity index (χ1v) is 12.6. The highest BCUT2D eigenvalue weighted by molar-refractivity contribution is 5.92. The fourth-order valence-electron chi connectivity index (χ4n) is 7.79. The van der Waals surface area contributed by atoms with Gasteiger partial charge in [0.1, 0.15) is 6.10 Å². The number of hydrogen-bond acceptors (Lipinski definition) is 5. The number of rotatable bonds is 3. The molecular weight excluding hydrogens is 440 g/mol. The van der Waals surface area contributed by atoms with Gasteiger partial charge < -0.3 is 24.7 Å². The molecular formula is C29H34N2O4. The van der Waals surface area contributed by atoms with E-state index in [1.807, 2.05) is 50.4 Å². The van der Waals surface area contributed by atoms with Crippen LogP contribution in [0.4, 0.5) is 0 Å². The van der Waals surface area contributed by atoms with E-state index in [0.717, 1.165) is 41.6 Å². The van der Waals surface area contributed by atoms with E-state index in [2.05, 4.69) is 18.9 Å². The Morgan fingerprint density at radius 2 is 2.09 bits per heavy atom. The minimum absolute atomic E-state index is 0.0176. The molecule has 35 heavy (non-hydrogen) atoms. The maximum atomic E-state index is 13.4. The van der Waals surface area contributed by atoms with E-state index in [4.69, 9.17) is 4.74 Å². The second-order valence-electron chi connectivity index (χ2n) is 11.2. The largest absolute Gasteiger partial charge is 0.504 e. The van der Waals surface area contributed by atoms with E-state index in [9.17, 15) is 15.0 Å². The van der Waals surface area contributed by atoms with Gasteiger partial charge in [-0.05, 0) is 69.0 Å². The Bertz CT molecular complexity index is 1240. The van der Waals surface area contributed by atoms with Gasteiger partial charge in [-0.3, -0.25) is 4.79 Å². The van der Waals surface area contributed by atoms with Crippen LogP contribution in [0.3, 0.4) is 0 Å². The molecule has 2 aliphatic heterocycles. The number of hydrogen-bond donors (Lipinski definition) is 2. The highest BCUT2D eigenvalue weighted by Gasteiger charge is 2.74. The third-order valence-corrected chi connectivity index (χ3v) is 9.31. The highest BCUT2D eigenvalue weighted by Crippen LogP contribution is 2.66. The van der Waals surface area contributed by atoms with Crippen molar-refractivity contribution in [2.45, 2.75) is 62.3 Å². The van der Waals surface area contributed by atoms with Crippen LogP contribution < -0.4 is 4.74 Å². The van der Waals surface area contributed by atoms with Crippen molar-refractivity contribution in [1.29, 1.82) is 0 Å². The number of likely N-dealkylation sites (N-methyl/N-ethyl adjacent to an activating group) is 2. The van der Waals surface area contributed by atoms with Crippen molar-refractivity contribution in [1.82, 2.24) is 9.80 Å². The molecule has 2 N–H and O–H groups in total. The molecule has 1 spiro atoms. The molecule has 0 aromatic heterocycles. The van der Waals surface area contributed by atoms with E-state index in [1.54, 1.807) is 17.0 Å². The predicted molar refractivity (Wildman–Crippen MR) is 134 cm³/mol. The number of phenolic OH excluding ortho intramolecular Hbond substituents is 1. The number of piperidine rings is 1. The summed E-state index contributed by atoms with van der Waals surface area (Å²) < 4.78 is 6.60. The summed E-state index contributed by atoms with van der Waals surface area (Å²) in [4.78, 5) is 17.5. The molecule has 2 aromatic rings. The molecule has 6 atom stereocenters. The van der Waals surface area contributed by atoms with Gasteiger partial charge in [-0.25, -0.2) is 0 Å². The zero-order valence-corrected chi connectivity index (χ0v) is 20.9. The molecule has 2 aliphatic carbocycles. The summed E-state index contributed by atoms with van der Waals surface area (Å²) in [6.45, 7) is 4.99. The number of amides is 1. The number of aromatic hydroxyl groups is 1. The van der Waals surface area contributed by atoms with Gasteiger partial charge in [-0.15, -0.1) is 0 Å². The molecule has 1 saturated heterocycles. The third-order valence-electron chi connectivity index (χ3n) is 9.31. The summed E-state index contributed by atoms with van der Waals surface area (Å²) in [6.07, 6.45) is 5.11. The van der Waals surface area contributed by atoms with Gasteiger partial charge in [0.2, 0.25) is 5.91 Å². The highest BCUT2D eigenvalue weighted by atomic mass is 16.5. The molecule has 2 fully saturated rings. The topological polar surface area (TPSA) is 73.2 Å². The van der Waals surface area contributed by atoms with Crippen LogP contribution in [0.25, 0.3) is 6.08 Å². The normalized spacial score (nSPS) is 35.0. The second kappa shape index (κ2) is 7.58. The van der Waals surface area contributed by atoms with Crippen molar-refractivity contribution in [3.63, 3.8) is 0 Å². The van der Waals surface area contributed by atoms with Crippen LogP contribution in [-0.4, -0.2) is 70.3 Å². The number of phenols is 1. The first-order chi connectivity index (χ1) is 16.7. The predicted octanol–water partition coefficient (Wildman–Crippen LogP) is 3.27. The fraction of sp³-hybridized carbons (Fsp3) is 0.483. The van der Waals surface area contributed by atoms with E-state index in [-0.39, 0.29) is 29.7 Å². The number of nitrogens with zero attached hydrogens (tertiary/aromatic N) is 2. The maximum absolute atomic E-state index is 13.4. The smallest absolute Gasteiger partial charge is 0.246 e. The fourth-order valence-corrected chi connectivity index (χ4v) is 7.79. The monoisotopic (exact) mass is 474 g/mol. The zero-order valence-electron chi connectivity index (χ0n) is 20.9. The molecule has 1 amide bonds. The minimum Gasteiger partial charge on any atom is -0.504 e. The summed E-state index contributed by atoms with van der Waals surface area (Å²) >= 11 is 0. The first-order valence-electron chi connectivity index (χ1n) is 12.6. The van der Waals surface area contributed by atoms with Crippen LogP contribution in [0.1, 0.15) is 42.0 Å². The Balaban J connectivity index is 1.41. The summed E-state index contributed by atoms with van der Waals surface area (Å²) in [5.74, 6) is 0.553. The van der Waals surface area contributed by atoms with Crippen LogP contribution in [-0.2, 0) is 16.6 Å². The molecule has 4 aliphatic rings. The number of likely N-dealkylation sites (tertiary alicyclic amines) is 1. The molecule has 2 heterocycles. The number of aryl methyl sites for hydroxylation is 1. The lowest BCUT2D eigenvalue weighted by Gasteiger charge is -2.65. The first kappa shape index (κ1) is 22.6. The Morgan fingerprint density at radius 1 is 1.29 bits per heavy atom. The average molecular weight is 475 g/mol. The summed E-state index contributed by atoms with van der Waals surface area (Å²) in [5.41, 5.74) is 2.63. The molecule has 6 rings (SSSR count). The van der Waals surface area contributed by atoms with Gasteiger partial charge in [0.25, 0.3) is 0 Å². The van der Waals surface area contributed by atoms with Crippen molar-refractivity contribution in [2.75, 3.05) is 20.6 Å². The lowest BCUT2D eigenvalue weighted by Crippen LogP contribution is -2.79. The molecule has 6 heteroatoms. The van der Waals surface area contributed by atoms with Gasteiger partial charge >= 0.3 is 0 Å². The summed E-state index contributed by atoms with van der Waals surface area (Å²) in [7, 11) is 3.93. The van der Waals surface area contributed by atoms with Crippen molar-refractivity contribution in [3.8, 4) is 11.5 Å². The van der Waals surface area contributed by atoms with E-state index in [1.165, 1.54) is 0 Å². The zero-order chi connectivity index (χ0) is 24.7. The van der Waals surface area contributed by atoms with E-state index in [0.29, 0.717) is 12.2 Å². The average Bonchev–Trinajstić information content (AvgIpc) is 3.16. The number of aliphatic hydroxyl groups is 1. The molecule has 2 aromatic carbocycles. The lowest BCUT2D eigenvalue weighted by molar-refractivity contribution is -0.208. The SMILES string of the molecule is Cc1cccc(C=CC(=O)N(C)[C@@H]2[C@@H](C)C[C@@]3(O)[C@H]4Cc5ccc(O)c6c5[C@@]3(CCN4C)[C@H]2O6)c1. The quantitative estimate of drug-likeness (QED) is 0.668. The van der Waals surface area contributed by atoms with Crippen LogP contribution >= 0.6 is 0 Å². The summed E-state index contributed by atoms with van der Waals surface area (Å²) in [5, 5.41) is 23.2. The second-order valence-corrected chi connectivity index (χ2v) is 11.2. The van der Waals surface area contributed by atoms with Crippen LogP contribution in [0.2, 0.25) is 0 Å². The maximum Gasteiger partial charge on any atom is 0.246 e. The molecule has 1 saturated carbocycles. The number of carbonyl (C=O) groups is 1. The van der Waals surface area contributed by atoms with Gasteiger partial charge in [0.05, 0.1) is 17.1 Å². The number of carbonyl (C=O) groups excluding carboxylic acids is 1. The van der Waals surface area contributed by atoms with Gasteiger partial charge in [-0.1, -0.05) is 42.8 Å². The van der Waals surface area contributed by atoms with Crippen LogP contribution in [0, 0.1) is 12.8 Å². The molecule has 2 bridgehead atoms. The number of ether oxygens (including phenoxy) is 1. The Kier molecular flexibility index (Phi) is 4.90. The van der Waals surface area contributed by atoms with Gasteiger partial charge in [0.15, 0.2) is 11.5 Å². The molecule has 0 radical (unpaired) electrons. The van der Waals surface area contributed by atoms with Crippen molar-refractivity contribution >= 4 is 12.0 Å². The standard InChI is InChI=1S/C29H34N2O4/c1-17-6-5-7-19(14-17)8-11-23(33)31(4)25-18(2)16-29(34)22-15-20-9-10-21(32)26-24(20)28(29,27(25)35-26)12-13-30(22)3/h5-11,14,18,22,25,27,32,34H,12-13,15-16H2,1-4H3/t18-,22+,25+,27-,28-,29+/m0/s1. The van der Waals surface area contributed by atoms with E-state index >= 15 is 0 Å². The van der Waals surface area contributed by atoms with Gasteiger partial charge in [-0.2, -0.15) is 0 Å². The minimum atomic E-state index is -0.978. The Morgan fingerprint density at radius 3 is 2.86 bits per heavy atom. The number of benzene rings is 2. The molecule has 6 nitrogen and oxygen atoms in total. The van der Waals surface area contributed by atoms with Crippen molar-refractivity contribution in [2.24, 2.45) is 5.92 Å². The van der Waals surface area contributed by atoms with Gasteiger partial charge in [0, 0.05) is 24.7 Å². The van der Waals surface area contributed by atoms with Crippen LogP contribution in [0.15, 0.2) is 42.5 Å². The van der Waals surface area contributed by atoms with Crippen LogP contribution in [0.5, 0.6) is 11.5 Å². The molecule has 184 valence electrons. The van der Waals surface area contributed by atoms with Crippen molar-refractivity contribution < 1.29 is 19.7 Å².